The van der Waals surface area contributed by atoms with Crippen molar-refractivity contribution in [3.8, 4) is 0 Å². The van der Waals surface area contributed by atoms with E-state index in [9.17, 15) is 0 Å². The van der Waals surface area contributed by atoms with Crippen molar-refractivity contribution in [1.82, 2.24) is 9.47 Å². The molecular weight excluding hydrogens is 234 g/mol. The molecule has 1 heterocycles. The van der Waals surface area contributed by atoms with Crippen LogP contribution in [0.25, 0.3) is 0 Å². The lowest BCUT2D eigenvalue weighted by atomic mass is 10.2. The first-order valence-corrected chi connectivity index (χ1v) is 6.80. The van der Waals surface area contributed by atoms with E-state index in [0.29, 0.717) is 0 Å². The highest BCUT2D eigenvalue weighted by Crippen LogP contribution is 2.12. The Kier molecular flexibility index (Phi) is 4.63. The molecule has 0 unspecified atom stereocenters. The van der Waals surface area contributed by atoms with E-state index in [1.54, 1.807) is 0 Å². The zero-order valence-electron chi connectivity index (χ0n) is 12.1. The van der Waals surface area contributed by atoms with Crippen LogP contribution >= 0.6 is 0 Å². The fourth-order valence-electron chi connectivity index (χ4n) is 2.20. The lowest BCUT2D eigenvalue weighted by Gasteiger charge is -2.12. The molecule has 3 heteroatoms. The Bertz CT molecular complexity index is 497. The van der Waals surface area contributed by atoms with Gasteiger partial charge in [-0.15, -0.1) is 0 Å². The monoisotopic (exact) mass is 257 g/mol. The van der Waals surface area contributed by atoms with Crippen molar-refractivity contribution in [1.29, 1.82) is 0 Å². The summed E-state index contributed by atoms with van der Waals surface area (Å²) in [5, 5.41) is 3.47. The van der Waals surface area contributed by atoms with Gasteiger partial charge in [0, 0.05) is 30.7 Å². The van der Waals surface area contributed by atoms with Crippen molar-refractivity contribution < 1.29 is 0 Å². The normalized spacial score (nSPS) is 10.9. The lowest BCUT2D eigenvalue weighted by molar-refractivity contribution is 0.402. The van der Waals surface area contributed by atoms with Crippen LogP contribution < -0.4 is 5.32 Å². The SMILES string of the molecule is CCn1cccc1CNc1ccc(CN(C)C)cc1. The van der Waals surface area contributed by atoms with Gasteiger partial charge in [-0.2, -0.15) is 0 Å². The molecule has 0 amide bonds. The minimum atomic E-state index is 0.869. The summed E-state index contributed by atoms with van der Waals surface area (Å²) >= 11 is 0. The molecule has 0 aliphatic rings. The van der Waals surface area contributed by atoms with Crippen LogP contribution in [0.3, 0.4) is 0 Å². The van der Waals surface area contributed by atoms with Crippen LogP contribution in [0.1, 0.15) is 18.2 Å². The van der Waals surface area contributed by atoms with Crippen LogP contribution in [-0.2, 0) is 19.6 Å². The van der Waals surface area contributed by atoms with Crippen LogP contribution in [0, 0.1) is 0 Å². The van der Waals surface area contributed by atoms with Gasteiger partial charge in [-0.3, -0.25) is 0 Å². The molecule has 102 valence electrons. The highest BCUT2D eigenvalue weighted by atomic mass is 15.0. The van der Waals surface area contributed by atoms with E-state index in [4.69, 9.17) is 0 Å². The topological polar surface area (TPSA) is 20.2 Å². The summed E-state index contributed by atoms with van der Waals surface area (Å²) in [5.41, 5.74) is 3.83. The van der Waals surface area contributed by atoms with Crippen molar-refractivity contribution in [3.05, 3.63) is 53.9 Å². The highest BCUT2D eigenvalue weighted by Gasteiger charge is 2.00. The molecule has 0 aliphatic heterocycles. The number of aromatic nitrogens is 1. The van der Waals surface area contributed by atoms with Crippen LogP contribution in [0.2, 0.25) is 0 Å². The molecule has 0 saturated heterocycles. The Balaban J connectivity index is 1.93. The molecule has 1 N–H and O–H groups in total. The van der Waals surface area contributed by atoms with Gasteiger partial charge in [0.05, 0.1) is 6.54 Å². The Hall–Kier alpha value is -1.74. The van der Waals surface area contributed by atoms with Gasteiger partial charge in [-0.1, -0.05) is 12.1 Å². The molecule has 0 aliphatic carbocycles. The van der Waals surface area contributed by atoms with Crippen molar-refractivity contribution in [2.45, 2.75) is 26.6 Å². The minimum Gasteiger partial charge on any atom is -0.379 e. The third-order valence-electron chi connectivity index (χ3n) is 3.19. The van der Waals surface area contributed by atoms with Gasteiger partial charge in [0.2, 0.25) is 0 Å². The van der Waals surface area contributed by atoms with Crippen LogP contribution in [0.4, 0.5) is 5.69 Å². The number of benzene rings is 1. The van der Waals surface area contributed by atoms with E-state index in [1.807, 2.05) is 0 Å². The number of nitrogens with zero attached hydrogens (tertiary/aromatic N) is 2. The second kappa shape index (κ2) is 6.43. The lowest BCUT2D eigenvalue weighted by Crippen LogP contribution is -2.10. The average Bonchev–Trinajstić information content (AvgIpc) is 2.84. The molecule has 1 aromatic carbocycles. The Morgan fingerprint density at radius 3 is 2.47 bits per heavy atom. The first kappa shape index (κ1) is 13.7. The standard InChI is InChI=1S/C16H23N3/c1-4-19-11-5-6-16(19)12-17-15-9-7-14(8-10-15)13-18(2)3/h5-11,17H,4,12-13H2,1-3H3. The number of anilines is 1. The van der Waals surface area contributed by atoms with Gasteiger partial charge in [0.1, 0.15) is 0 Å². The molecule has 19 heavy (non-hydrogen) atoms. The Morgan fingerprint density at radius 1 is 1.11 bits per heavy atom. The maximum Gasteiger partial charge on any atom is 0.0553 e. The molecule has 0 saturated carbocycles. The fourth-order valence-corrected chi connectivity index (χ4v) is 2.20. The first-order chi connectivity index (χ1) is 9.19. The van der Waals surface area contributed by atoms with Crippen molar-refractivity contribution in [2.24, 2.45) is 0 Å². The number of rotatable bonds is 6. The van der Waals surface area contributed by atoms with Gasteiger partial charge in [0.25, 0.3) is 0 Å². The summed E-state index contributed by atoms with van der Waals surface area (Å²) < 4.78 is 2.26. The molecule has 2 aromatic rings. The second-order valence-corrected chi connectivity index (χ2v) is 5.07. The molecule has 3 nitrogen and oxygen atoms in total. The molecule has 0 fully saturated rings. The predicted molar refractivity (Wildman–Crippen MR) is 81.3 cm³/mol. The third kappa shape index (κ3) is 3.86. The van der Waals surface area contributed by atoms with E-state index in [0.717, 1.165) is 19.6 Å². The Morgan fingerprint density at radius 2 is 1.84 bits per heavy atom. The summed E-state index contributed by atoms with van der Waals surface area (Å²) in [5.74, 6) is 0. The number of nitrogens with one attached hydrogen (secondary N) is 1. The van der Waals surface area contributed by atoms with Crippen LogP contribution in [0.5, 0.6) is 0 Å². The van der Waals surface area contributed by atoms with Gasteiger partial charge in [-0.25, -0.2) is 0 Å². The maximum atomic E-state index is 3.47. The van der Waals surface area contributed by atoms with Crippen molar-refractivity contribution in [3.63, 3.8) is 0 Å². The van der Waals surface area contributed by atoms with Gasteiger partial charge in [0.15, 0.2) is 0 Å². The molecule has 2 rings (SSSR count). The summed E-state index contributed by atoms with van der Waals surface area (Å²) in [6.45, 7) is 5.04. The minimum absolute atomic E-state index is 0.869. The summed E-state index contributed by atoms with van der Waals surface area (Å²) in [6, 6.07) is 12.9. The fraction of sp³-hybridized carbons (Fsp3) is 0.375. The molecule has 1 aromatic heterocycles. The van der Waals surface area contributed by atoms with Crippen molar-refractivity contribution in [2.75, 3.05) is 19.4 Å². The highest BCUT2D eigenvalue weighted by molar-refractivity contribution is 5.44. The number of hydrogen-bond donors (Lipinski definition) is 1. The largest absolute Gasteiger partial charge is 0.379 e. The van der Waals surface area contributed by atoms with Crippen molar-refractivity contribution >= 4 is 5.69 Å². The van der Waals surface area contributed by atoms with Gasteiger partial charge in [-0.05, 0) is 50.8 Å². The van der Waals surface area contributed by atoms with E-state index in [-0.39, 0.29) is 0 Å². The van der Waals surface area contributed by atoms with Gasteiger partial charge >= 0.3 is 0 Å². The second-order valence-electron chi connectivity index (χ2n) is 5.07. The van der Waals surface area contributed by atoms with E-state index in [2.05, 4.69) is 78.4 Å². The predicted octanol–water partition coefficient (Wildman–Crippen LogP) is 3.18. The number of hydrogen-bond acceptors (Lipinski definition) is 2. The summed E-state index contributed by atoms with van der Waals surface area (Å²) in [4.78, 5) is 2.18. The first-order valence-electron chi connectivity index (χ1n) is 6.80. The maximum absolute atomic E-state index is 3.47. The third-order valence-corrected chi connectivity index (χ3v) is 3.19. The molecule has 0 spiro atoms. The summed E-state index contributed by atoms with van der Waals surface area (Å²) in [6.07, 6.45) is 2.12. The molecule has 0 atom stereocenters. The van der Waals surface area contributed by atoms with E-state index < -0.39 is 0 Å². The zero-order chi connectivity index (χ0) is 13.7. The molecular formula is C16H23N3. The zero-order valence-corrected chi connectivity index (χ0v) is 12.1. The summed E-state index contributed by atoms with van der Waals surface area (Å²) in [7, 11) is 4.18. The Labute approximate surface area is 115 Å². The number of aryl methyl sites for hydroxylation is 1. The van der Waals surface area contributed by atoms with E-state index >= 15 is 0 Å². The smallest absolute Gasteiger partial charge is 0.0553 e. The van der Waals surface area contributed by atoms with Gasteiger partial charge < -0.3 is 14.8 Å². The van der Waals surface area contributed by atoms with Crippen LogP contribution in [0.15, 0.2) is 42.6 Å². The molecule has 0 radical (unpaired) electrons. The average molecular weight is 257 g/mol. The molecule has 0 bridgehead atoms. The van der Waals surface area contributed by atoms with E-state index in [1.165, 1.54) is 16.9 Å². The quantitative estimate of drug-likeness (QED) is 0.857. The van der Waals surface area contributed by atoms with Crippen LogP contribution in [-0.4, -0.2) is 23.6 Å².